The summed E-state index contributed by atoms with van der Waals surface area (Å²) in [7, 11) is 4.04. The average molecular weight is 431 g/mol. The van der Waals surface area contributed by atoms with E-state index in [1.807, 2.05) is 55.4 Å². The van der Waals surface area contributed by atoms with Gasteiger partial charge in [-0.3, -0.25) is 0 Å². The maximum atomic E-state index is 9.03. The first-order valence-corrected chi connectivity index (χ1v) is 11.0. The minimum atomic E-state index is 0. The third-order valence-corrected chi connectivity index (χ3v) is 6.00. The number of anilines is 2. The van der Waals surface area contributed by atoms with Crippen molar-refractivity contribution in [2.24, 2.45) is 5.92 Å². The van der Waals surface area contributed by atoms with Crippen LogP contribution in [-0.4, -0.2) is 36.6 Å². The number of nitriles is 1. The van der Waals surface area contributed by atoms with Crippen LogP contribution < -0.4 is 15.5 Å². The maximum Gasteiger partial charge on any atom is 0.225 e. The molecule has 6 heteroatoms. The Labute approximate surface area is 191 Å². The van der Waals surface area contributed by atoms with Crippen LogP contribution in [0.4, 0.5) is 11.8 Å². The number of hydrogen-bond acceptors (Lipinski definition) is 6. The highest BCUT2D eigenvalue weighted by Crippen LogP contribution is 2.28. The molecule has 0 unspecified atom stereocenters. The van der Waals surface area contributed by atoms with Crippen LogP contribution in [0.25, 0.3) is 10.9 Å². The van der Waals surface area contributed by atoms with Crippen LogP contribution >= 0.6 is 0 Å². The van der Waals surface area contributed by atoms with Crippen molar-refractivity contribution >= 4 is 22.7 Å². The zero-order chi connectivity index (χ0) is 21.6. The number of aromatic nitrogens is 2. The molecular formula is C26H34N6. The molecule has 0 amide bonds. The molecule has 1 aliphatic rings. The van der Waals surface area contributed by atoms with E-state index in [9.17, 15) is 0 Å². The fourth-order valence-corrected chi connectivity index (χ4v) is 4.33. The molecule has 0 saturated heterocycles. The highest BCUT2D eigenvalue weighted by molar-refractivity contribution is 5.90. The predicted molar refractivity (Wildman–Crippen MR) is 133 cm³/mol. The molecule has 1 saturated carbocycles. The molecule has 0 spiro atoms. The molecule has 4 rings (SSSR count). The lowest BCUT2D eigenvalue weighted by Crippen LogP contribution is -2.31. The maximum absolute atomic E-state index is 9.03. The fraction of sp³-hybridized carbons (Fsp3) is 0.423. The number of benzene rings is 2. The second kappa shape index (κ2) is 10.9. The van der Waals surface area contributed by atoms with Gasteiger partial charge in [0.2, 0.25) is 5.95 Å². The van der Waals surface area contributed by atoms with Crippen molar-refractivity contribution in [1.82, 2.24) is 15.3 Å². The number of nitrogens with zero attached hydrogens (tertiary/aromatic N) is 4. The van der Waals surface area contributed by atoms with Crippen LogP contribution in [0.15, 0.2) is 48.5 Å². The Hall–Kier alpha value is -3.17. The molecule has 1 aliphatic carbocycles. The van der Waals surface area contributed by atoms with Gasteiger partial charge < -0.3 is 15.5 Å². The van der Waals surface area contributed by atoms with Crippen LogP contribution in [0, 0.1) is 17.2 Å². The smallest absolute Gasteiger partial charge is 0.225 e. The SMILES string of the molecule is C.CN(C)c1nc(NC2CCC(CNCc3cccc(C#N)c3)CC2)nc2ccccc12. The number of rotatable bonds is 7. The summed E-state index contributed by atoms with van der Waals surface area (Å²) in [6.07, 6.45) is 4.64. The van der Waals surface area contributed by atoms with E-state index < -0.39 is 0 Å². The second-order valence-corrected chi connectivity index (χ2v) is 8.59. The fourth-order valence-electron chi connectivity index (χ4n) is 4.33. The third kappa shape index (κ3) is 5.74. The van der Waals surface area contributed by atoms with Gasteiger partial charge in [-0.25, -0.2) is 4.98 Å². The van der Waals surface area contributed by atoms with E-state index in [4.69, 9.17) is 15.2 Å². The molecule has 0 aliphatic heterocycles. The molecule has 2 aromatic carbocycles. The minimum absolute atomic E-state index is 0. The summed E-state index contributed by atoms with van der Waals surface area (Å²) < 4.78 is 0. The molecule has 1 fully saturated rings. The summed E-state index contributed by atoms with van der Waals surface area (Å²) in [5.74, 6) is 2.36. The lowest BCUT2D eigenvalue weighted by atomic mass is 9.86. The average Bonchev–Trinajstić information content (AvgIpc) is 2.80. The van der Waals surface area contributed by atoms with E-state index in [2.05, 4.69) is 28.8 Å². The molecule has 1 heterocycles. The molecule has 6 nitrogen and oxygen atoms in total. The lowest BCUT2D eigenvalue weighted by molar-refractivity contribution is 0.324. The molecule has 0 atom stereocenters. The number of para-hydroxylation sites is 1. The summed E-state index contributed by atoms with van der Waals surface area (Å²) in [6, 6.07) is 18.6. The van der Waals surface area contributed by atoms with Crippen molar-refractivity contribution in [1.29, 1.82) is 5.26 Å². The Kier molecular flexibility index (Phi) is 8.02. The van der Waals surface area contributed by atoms with E-state index in [-0.39, 0.29) is 7.43 Å². The van der Waals surface area contributed by atoms with Gasteiger partial charge in [0.05, 0.1) is 17.1 Å². The van der Waals surface area contributed by atoms with Crippen molar-refractivity contribution in [3.63, 3.8) is 0 Å². The number of nitrogens with one attached hydrogen (secondary N) is 2. The molecule has 1 aromatic heterocycles. The Morgan fingerprint density at radius 1 is 1.03 bits per heavy atom. The van der Waals surface area contributed by atoms with Crippen molar-refractivity contribution in [2.45, 2.75) is 45.7 Å². The van der Waals surface area contributed by atoms with Gasteiger partial charge in [0.25, 0.3) is 0 Å². The Morgan fingerprint density at radius 2 is 1.81 bits per heavy atom. The highest BCUT2D eigenvalue weighted by atomic mass is 15.2. The van der Waals surface area contributed by atoms with Crippen LogP contribution in [0.2, 0.25) is 0 Å². The molecule has 168 valence electrons. The summed E-state index contributed by atoms with van der Waals surface area (Å²) in [6.45, 7) is 1.83. The largest absolute Gasteiger partial charge is 0.362 e. The van der Waals surface area contributed by atoms with Gasteiger partial charge in [0.1, 0.15) is 5.82 Å². The van der Waals surface area contributed by atoms with Gasteiger partial charge in [-0.05, 0) is 68.0 Å². The van der Waals surface area contributed by atoms with E-state index >= 15 is 0 Å². The first kappa shape index (κ1) is 23.5. The third-order valence-electron chi connectivity index (χ3n) is 6.00. The van der Waals surface area contributed by atoms with Crippen LogP contribution in [0.5, 0.6) is 0 Å². The van der Waals surface area contributed by atoms with E-state index in [1.54, 1.807) is 0 Å². The summed E-state index contributed by atoms with van der Waals surface area (Å²) in [5.41, 5.74) is 2.86. The summed E-state index contributed by atoms with van der Waals surface area (Å²) >= 11 is 0. The molecule has 3 aromatic rings. The Balaban J connectivity index is 0.00000289. The Bertz CT molecular complexity index is 1060. The standard InChI is InChI=1S/C25H30N6.CH4/c1-31(2)24-22-8-3-4-9-23(22)29-25(30-24)28-21-12-10-18(11-13-21)16-27-17-20-7-5-6-19(14-20)15-26;/h3-9,14,18,21,27H,10-13,16-17H2,1-2H3,(H,28,29,30);1H4. The topological polar surface area (TPSA) is 76.9 Å². The van der Waals surface area contributed by atoms with Crippen LogP contribution in [0.1, 0.15) is 44.2 Å². The first-order valence-electron chi connectivity index (χ1n) is 11.0. The van der Waals surface area contributed by atoms with Gasteiger partial charge in [-0.1, -0.05) is 31.7 Å². The lowest BCUT2D eigenvalue weighted by Gasteiger charge is -2.29. The molecule has 2 N–H and O–H groups in total. The predicted octanol–water partition coefficient (Wildman–Crippen LogP) is 4.96. The van der Waals surface area contributed by atoms with Gasteiger partial charge in [0.15, 0.2) is 0 Å². The van der Waals surface area contributed by atoms with Gasteiger partial charge in [0, 0.05) is 32.1 Å². The van der Waals surface area contributed by atoms with E-state index in [1.165, 1.54) is 18.4 Å². The van der Waals surface area contributed by atoms with Crippen molar-refractivity contribution in [2.75, 3.05) is 30.9 Å². The van der Waals surface area contributed by atoms with Crippen LogP contribution in [-0.2, 0) is 6.54 Å². The van der Waals surface area contributed by atoms with Gasteiger partial charge in [-0.2, -0.15) is 10.2 Å². The van der Waals surface area contributed by atoms with Gasteiger partial charge in [-0.15, -0.1) is 0 Å². The zero-order valence-corrected chi connectivity index (χ0v) is 18.3. The molecule has 32 heavy (non-hydrogen) atoms. The molecule has 0 bridgehead atoms. The minimum Gasteiger partial charge on any atom is -0.362 e. The molecule has 0 radical (unpaired) electrons. The monoisotopic (exact) mass is 430 g/mol. The quantitative estimate of drug-likeness (QED) is 0.551. The normalized spacial score (nSPS) is 17.9. The summed E-state index contributed by atoms with van der Waals surface area (Å²) in [5, 5.41) is 17.3. The van der Waals surface area contributed by atoms with Gasteiger partial charge >= 0.3 is 0 Å². The molecular weight excluding hydrogens is 396 g/mol. The van der Waals surface area contributed by atoms with Crippen LogP contribution in [0.3, 0.4) is 0 Å². The van der Waals surface area contributed by atoms with Crippen molar-refractivity contribution < 1.29 is 0 Å². The number of hydrogen-bond donors (Lipinski definition) is 2. The highest BCUT2D eigenvalue weighted by Gasteiger charge is 2.22. The first-order chi connectivity index (χ1) is 15.1. The second-order valence-electron chi connectivity index (χ2n) is 8.59. The van der Waals surface area contributed by atoms with E-state index in [0.717, 1.165) is 54.2 Å². The van der Waals surface area contributed by atoms with Crippen molar-refractivity contribution in [3.05, 3.63) is 59.7 Å². The van der Waals surface area contributed by atoms with E-state index in [0.29, 0.717) is 12.0 Å². The van der Waals surface area contributed by atoms with Crippen molar-refractivity contribution in [3.8, 4) is 6.07 Å². The summed E-state index contributed by atoms with van der Waals surface area (Å²) in [4.78, 5) is 11.6. The number of fused-ring (bicyclic) bond motifs is 1. The Morgan fingerprint density at radius 3 is 2.56 bits per heavy atom. The zero-order valence-electron chi connectivity index (χ0n) is 18.3.